The Hall–Kier alpha value is -3.76. The monoisotopic (exact) mass is 579 g/mol. The van der Waals surface area contributed by atoms with E-state index in [1.54, 1.807) is 6.92 Å². The van der Waals surface area contributed by atoms with Gasteiger partial charge in [0.05, 0.1) is 12.1 Å². The normalized spacial score (nSPS) is 16.4. The molecule has 1 fully saturated rings. The maximum Gasteiger partial charge on any atom is 0.573 e. The van der Waals surface area contributed by atoms with Gasteiger partial charge in [0.25, 0.3) is 5.91 Å². The highest BCUT2D eigenvalue weighted by molar-refractivity contribution is 6.38. The molecular formula is C23H27F6N7O4. The molecule has 2 aromatic rings. The zero-order chi connectivity index (χ0) is 29.5. The molecule has 0 bridgehead atoms. The third kappa shape index (κ3) is 8.89. The van der Waals surface area contributed by atoms with Crippen LogP contribution in [0.15, 0.2) is 24.3 Å². The van der Waals surface area contributed by atoms with Gasteiger partial charge in [-0.15, -0.1) is 23.4 Å². The highest BCUT2D eigenvalue weighted by Crippen LogP contribution is 2.35. The van der Waals surface area contributed by atoms with E-state index < -0.39 is 66.0 Å². The number of nitrogens with zero attached hydrogens (tertiary/aromatic N) is 3. The Balaban J connectivity index is 1.86. The lowest BCUT2D eigenvalue weighted by Gasteiger charge is -2.31. The van der Waals surface area contributed by atoms with Crippen molar-refractivity contribution in [3.63, 3.8) is 0 Å². The summed E-state index contributed by atoms with van der Waals surface area (Å²) in [4.78, 5) is 38.3. The first-order chi connectivity index (χ1) is 18.8. The average Bonchev–Trinajstić information content (AvgIpc) is 3.35. The van der Waals surface area contributed by atoms with Gasteiger partial charge in [-0.1, -0.05) is 36.6 Å². The third-order valence-corrected chi connectivity index (χ3v) is 6.22. The van der Waals surface area contributed by atoms with Gasteiger partial charge in [0.2, 0.25) is 11.7 Å². The number of aromatic nitrogens is 4. The lowest BCUT2D eigenvalue weighted by molar-refractivity contribution is -0.274. The molecule has 1 aromatic heterocycles. The Morgan fingerprint density at radius 1 is 1.07 bits per heavy atom. The predicted octanol–water partition coefficient (Wildman–Crippen LogP) is 2.28. The quantitative estimate of drug-likeness (QED) is 0.209. The molecule has 3 atom stereocenters. The second kappa shape index (κ2) is 13.1. The predicted molar refractivity (Wildman–Crippen MR) is 124 cm³/mol. The second-order valence-electron chi connectivity index (χ2n) is 9.16. The molecule has 11 nitrogen and oxygen atoms in total. The number of Topliss-reactive ketones (excluding diaryl/α,β-unsaturated/α-hetero) is 1. The van der Waals surface area contributed by atoms with Crippen molar-refractivity contribution in [2.45, 2.75) is 69.7 Å². The first-order valence-corrected chi connectivity index (χ1v) is 12.3. The SMILES string of the molecule is CCNC(=O)C(=O)[C@H](CC1CCC1)NC(=O)[C@H](Cc1nn[nH]n1)N[C@@H](c1ccc(OC(F)(F)F)cc1)C(F)(F)F. The van der Waals surface area contributed by atoms with Crippen LogP contribution in [0.5, 0.6) is 5.75 Å². The van der Waals surface area contributed by atoms with E-state index >= 15 is 0 Å². The summed E-state index contributed by atoms with van der Waals surface area (Å²) < 4.78 is 83.5. The first kappa shape index (κ1) is 30.8. The molecule has 0 spiro atoms. The number of tetrazole rings is 1. The van der Waals surface area contributed by atoms with Crippen molar-refractivity contribution in [2.24, 2.45) is 5.92 Å². The van der Waals surface area contributed by atoms with Gasteiger partial charge >= 0.3 is 12.5 Å². The number of ether oxygens (including phenoxy) is 1. The van der Waals surface area contributed by atoms with Crippen LogP contribution in [0.3, 0.4) is 0 Å². The van der Waals surface area contributed by atoms with Crippen LogP contribution in [0.4, 0.5) is 26.3 Å². The van der Waals surface area contributed by atoms with E-state index in [0.717, 1.165) is 31.4 Å². The van der Waals surface area contributed by atoms with Crippen LogP contribution in [0, 0.1) is 5.92 Å². The summed E-state index contributed by atoms with van der Waals surface area (Å²) in [6, 6.07) is -2.56. The summed E-state index contributed by atoms with van der Waals surface area (Å²) >= 11 is 0. The molecule has 220 valence electrons. The lowest BCUT2D eigenvalue weighted by Crippen LogP contribution is -2.55. The largest absolute Gasteiger partial charge is 0.573 e. The van der Waals surface area contributed by atoms with Crippen molar-refractivity contribution in [1.29, 1.82) is 0 Å². The number of carbonyl (C=O) groups is 3. The van der Waals surface area contributed by atoms with Crippen molar-refractivity contribution in [3.05, 3.63) is 35.7 Å². The Bertz CT molecular complexity index is 1140. The van der Waals surface area contributed by atoms with Crippen molar-refractivity contribution in [2.75, 3.05) is 6.54 Å². The van der Waals surface area contributed by atoms with E-state index in [0.29, 0.717) is 12.1 Å². The number of hydrogen-bond acceptors (Lipinski definition) is 8. The molecule has 0 radical (unpaired) electrons. The summed E-state index contributed by atoms with van der Waals surface area (Å²) in [5.41, 5.74) is -0.516. The molecule has 1 saturated carbocycles. The van der Waals surface area contributed by atoms with Gasteiger partial charge in [0, 0.05) is 13.0 Å². The standard InChI is InChI=1S/C23H27F6N7O4/c1-2-30-21(39)18(37)15(10-12-4-3-5-12)32-20(38)16(11-17-33-35-36-34-17)31-19(22(24,25)26)13-6-8-14(9-7-13)40-23(27,28)29/h6-9,12,15-16,19,31H,2-5,10-11H2,1H3,(H,30,39)(H,32,38)(H,33,34,35,36)/t15-,16-,19-/m0/s1. The summed E-state index contributed by atoms with van der Waals surface area (Å²) in [7, 11) is 0. The number of benzene rings is 1. The molecule has 2 amide bonds. The number of alkyl halides is 6. The molecule has 0 aliphatic heterocycles. The maximum absolute atomic E-state index is 14.1. The Labute approximate surface area is 223 Å². The number of nitrogens with one attached hydrogen (secondary N) is 4. The molecule has 0 unspecified atom stereocenters. The Morgan fingerprint density at radius 3 is 2.25 bits per heavy atom. The van der Waals surface area contributed by atoms with Gasteiger partial charge < -0.3 is 15.4 Å². The van der Waals surface area contributed by atoms with E-state index in [9.17, 15) is 40.7 Å². The number of amides is 2. The summed E-state index contributed by atoms with van der Waals surface area (Å²) in [6.07, 6.45) is -7.99. The van der Waals surface area contributed by atoms with E-state index in [1.165, 1.54) is 0 Å². The van der Waals surface area contributed by atoms with Crippen LogP contribution in [-0.4, -0.2) is 69.4 Å². The van der Waals surface area contributed by atoms with E-state index in [2.05, 4.69) is 41.3 Å². The number of likely N-dealkylation sites (N-methyl/N-ethyl adjacent to an activating group) is 1. The van der Waals surface area contributed by atoms with E-state index in [-0.39, 0.29) is 24.7 Å². The third-order valence-electron chi connectivity index (χ3n) is 6.22. The van der Waals surface area contributed by atoms with Gasteiger partial charge in [-0.05, 0) is 37.0 Å². The first-order valence-electron chi connectivity index (χ1n) is 12.3. The highest BCUT2D eigenvalue weighted by Gasteiger charge is 2.44. The summed E-state index contributed by atoms with van der Waals surface area (Å²) in [6.45, 7) is 1.74. The van der Waals surface area contributed by atoms with Gasteiger partial charge in [-0.25, -0.2) is 0 Å². The fraction of sp³-hybridized carbons (Fsp3) is 0.565. The number of aromatic amines is 1. The highest BCUT2D eigenvalue weighted by atomic mass is 19.4. The minimum atomic E-state index is -5.04. The molecule has 3 rings (SSSR count). The lowest BCUT2D eigenvalue weighted by atomic mass is 9.80. The van der Waals surface area contributed by atoms with E-state index in [4.69, 9.17) is 0 Å². The number of rotatable bonds is 13. The van der Waals surface area contributed by atoms with Crippen LogP contribution in [-0.2, 0) is 20.8 Å². The van der Waals surface area contributed by atoms with Crippen LogP contribution in [0.2, 0.25) is 0 Å². The summed E-state index contributed by atoms with van der Waals surface area (Å²) in [5.74, 6) is -3.74. The van der Waals surface area contributed by atoms with Crippen molar-refractivity contribution < 1.29 is 45.5 Å². The van der Waals surface area contributed by atoms with Gasteiger partial charge in [0.1, 0.15) is 11.8 Å². The zero-order valence-electron chi connectivity index (χ0n) is 21.1. The van der Waals surface area contributed by atoms with Gasteiger partial charge in [-0.3, -0.25) is 19.7 Å². The number of halogens is 6. The Kier molecular flexibility index (Phi) is 10.1. The maximum atomic E-state index is 14.1. The molecule has 4 N–H and O–H groups in total. The topological polar surface area (TPSA) is 151 Å². The van der Waals surface area contributed by atoms with Crippen molar-refractivity contribution in [1.82, 2.24) is 36.6 Å². The van der Waals surface area contributed by atoms with Crippen LogP contribution < -0.4 is 20.7 Å². The van der Waals surface area contributed by atoms with Crippen LogP contribution in [0.1, 0.15) is 50.0 Å². The summed E-state index contributed by atoms with van der Waals surface area (Å²) in [5, 5.41) is 19.7. The van der Waals surface area contributed by atoms with Gasteiger partial charge in [-0.2, -0.15) is 18.4 Å². The van der Waals surface area contributed by atoms with Crippen LogP contribution in [0.25, 0.3) is 0 Å². The number of carbonyl (C=O) groups excluding carboxylic acids is 3. The fourth-order valence-electron chi connectivity index (χ4n) is 4.09. The fourth-order valence-corrected chi connectivity index (χ4v) is 4.09. The van der Waals surface area contributed by atoms with Crippen molar-refractivity contribution in [3.8, 4) is 5.75 Å². The molecule has 1 aromatic carbocycles. The molecule has 1 aliphatic rings. The number of H-pyrrole nitrogens is 1. The van der Waals surface area contributed by atoms with Crippen LogP contribution >= 0.6 is 0 Å². The second-order valence-corrected chi connectivity index (χ2v) is 9.16. The average molecular weight is 580 g/mol. The number of hydrogen-bond donors (Lipinski definition) is 4. The molecule has 40 heavy (non-hydrogen) atoms. The molecule has 1 heterocycles. The molecule has 0 saturated heterocycles. The smallest absolute Gasteiger partial charge is 0.406 e. The van der Waals surface area contributed by atoms with Gasteiger partial charge in [0.15, 0.2) is 5.82 Å². The molecule has 17 heteroatoms. The zero-order valence-corrected chi connectivity index (χ0v) is 21.1. The minimum Gasteiger partial charge on any atom is -0.406 e. The number of ketones is 1. The molecular weight excluding hydrogens is 552 g/mol. The molecule has 1 aliphatic carbocycles. The van der Waals surface area contributed by atoms with E-state index in [1.807, 2.05) is 0 Å². The van der Waals surface area contributed by atoms with Crippen molar-refractivity contribution >= 4 is 17.6 Å². The Morgan fingerprint density at radius 2 is 1.75 bits per heavy atom. The minimum absolute atomic E-state index is 0.0487.